The number of thiophene rings is 1. The summed E-state index contributed by atoms with van der Waals surface area (Å²) in [4.78, 5) is 33.0. The van der Waals surface area contributed by atoms with Crippen molar-refractivity contribution in [2.45, 2.75) is 6.42 Å². The number of rotatable bonds is 4. The highest BCUT2D eigenvalue weighted by Crippen LogP contribution is 2.26. The first-order valence-electron chi connectivity index (χ1n) is 8.27. The van der Waals surface area contributed by atoms with Crippen molar-refractivity contribution in [1.82, 2.24) is 14.8 Å². The van der Waals surface area contributed by atoms with Crippen molar-refractivity contribution in [3.8, 4) is 10.6 Å². The van der Waals surface area contributed by atoms with Crippen molar-refractivity contribution in [2.24, 2.45) is 0 Å². The van der Waals surface area contributed by atoms with Gasteiger partial charge in [0.2, 0.25) is 5.91 Å². The molecule has 1 saturated heterocycles. The van der Waals surface area contributed by atoms with E-state index in [-0.39, 0.29) is 11.8 Å². The van der Waals surface area contributed by atoms with Crippen LogP contribution in [0.4, 0.5) is 0 Å². The van der Waals surface area contributed by atoms with E-state index in [0.29, 0.717) is 38.2 Å². The van der Waals surface area contributed by atoms with Crippen LogP contribution in [-0.2, 0) is 11.2 Å². The van der Waals surface area contributed by atoms with Gasteiger partial charge in [0.05, 0.1) is 23.9 Å². The van der Waals surface area contributed by atoms with Crippen LogP contribution >= 0.6 is 22.7 Å². The van der Waals surface area contributed by atoms with Crippen LogP contribution in [0.25, 0.3) is 10.6 Å². The first-order valence-corrected chi connectivity index (χ1v) is 10.1. The third kappa shape index (κ3) is 3.56. The standard InChI is InChI=1S/C18H17N3O3S2/c22-16(9-15-12-26-17(19-15)14-2-8-25-11-14)20-3-5-21(6-4-20)18(23)13-1-7-24-10-13/h1-2,7-8,10-12H,3-6,9H2. The molecule has 2 amide bonds. The maximum absolute atomic E-state index is 12.5. The topological polar surface area (TPSA) is 66.7 Å². The second kappa shape index (κ2) is 7.43. The molecule has 0 aromatic carbocycles. The van der Waals surface area contributed by atoms with Gasteiger partial charge in [0.25, 0.3) is 5.91 Å². The normalized spacial score (nSPS) is 14.6. The molecule has 1 aliphatic heterocycles. The zero-order chi connectivity index (χ0) is 17.9. The second-order valence-electron chi connectivity index (χ2n) is 6.02. The summed E-state index contributed by atoms with van der Waals surface area (Å²) < 4.78 is 4.96. The predicted octanol–water partition coefficient (Wildman–Crippen LogP) is 2.99. The van der Waals surface area contributed by atoms with E-state index in [1.807, 2.05) is 21.7 Å². The van der Waals surface area contributed by atoms with E-state index in [2.05, 4.69) is 10.4 Å². The van der Waals surface area contributed by atoms with Crippen LogP contribution in [0.3, 0.4) is 0 Å². The van der Waals surface area contributed by atoms with Gasteiger partial charge in [0, 0.05) is 42.5 Å². The van der Waals surface area contributed by atoms with Crippen molar-refractivity contribution in [2.75, 3.05) is 26.2 Å². The molecular formula is C18H17N3O3S2. The first kappa shape index (κ1) is 17.0. The summed E-state index contributed by atoms with van der Waals surface area (Å²) in [5.74, 6) is 0.00772. The van der Waals surface area contributed by atoms with Gasteiger partial charge in [-0.1, -0.05) is 0 Å². The third-order valence-electron chi connectivity index (χ3n) is 4.34. The molecule has 1 fully saturated rings. The molecule has 0 atom stereocenters. The lowest BCUT2D eigenvalue weighted by molar-refractivity contribution is -0.132. The molecule has 0 unspecified atom stereocenters. The predicted molar refractivity (Wildman–Crippen MR) is 100 cm³/mol. The van der Waals surface area contributed by atoms with Crippen molar-refractivity contribution < 1.29 is 14.0 Å². The molecule has 26 heavy (non-hydrogen) atoms. The molecule has 0 N–H and O–H groups in total. The van der Waals surface area contributed by atoms with Gasteiger partial charge < -0.3 is 14.2 Å². The molecular weight excluding hydrogens is 370 g/mol. The van der Waals surface area contributed by atoms with Crippen LogP contribution in [0.5, 0.6) is 0 Å². The highest BCUT2D eigenvalue weighted by Gasteiger charge is 2.25. The number of piperazine rings is 1. The van der Waals surface area contributed by atoms with Gasteiger partial charge >= 0.3 is 0 Å². The zero-order valence-corrected chi connectivity index (χ0v) is 15.6. The summed E-state index contributed by atoms with van der Waals surface area (Å²) >= 11 is 3.20. The molecule has 0 spiro atoms. The average Bonchev–Trinajstić information content (AvgIpc) is 3.42. The summed E-state index contributed by atoms with van der Waals surface area (Å²) in [6.45, 7) is 2.16. The van der Waals surface area contributed by atoms with E-state index in [0.717, 1.165) is 16.3 Å². The Morgan fingerprint density at radius 2 is 1.92 bits per heavy atom. The summed E-state index contributed by atoms with van der Waals surface area (Å²) in [5, 5.41) is 6.97. The summed E-state index contributed by atoms with van der Waals surface area (Å²) in [6, 6.07) is 3.69. The highest BCUT2D eigenvalue weighted by molar-refractivity contribution is 7.14. The fourth-order valence-corrected chi connectivity index (χ4v) is 4.43. The number of furan rings is 1. The minimum absolute atomic E-state index is 0.0502. The molecule has 8 heteroatoms. The van der Waals surface area contributed by atoms with E-state index in [4.69, 9.17) is 4.42 Å². The molecule has 6 nitrogen and oxygen atoms in total. The lowest BCUT2D eigenvalue weighted by atomic mass is 10.2. The second-order valence-corrected chi connectivity index (χ2v) is 7.66. The monoisotopic (exact) mass is 387 g/mol. The number of hydrogen-bond acceptors (Lipinski definition) is 6. The minimum atomic E-state index is -0.0502. The molecule has 0 bridgehead atoms. The van der Waals surface area contributed by atoms with Gasteiger partial charge in [-0.25, -0.2) is 4.98 Å². The van der Waals surface area contributed by atoms with Crippen molar-refractivity contribution in [3.05, 3.63) is 52.1 Å². The molecule has 3 aromatic rings. The van der Waals surface area contributed by atoms with Gasteiger partial charge in [-0.05, 0) is 17.5 Å². The van der Waals surface area contributed by atoms with Crippen molar-refractivity contribution in [3.63, 3.8) is 0 Å². The third-order valence-corrected chi connectivity index (χ3v) is 5.96. The maximum atomic E-state index is 12.5. The van der Waals surface area contributed by atoms with Gasteiger partial charge in [0.15, 0.2) is 0 Å². The molecule has 3 aromatic heterocycles. The Morgan fingerprint density at radius 1 is 1.12 bits per heavy atom. The number of aromatic nitrogens is 1. The molecule has 0 radical (unpaired) electrons. The molecule has 4 rings (SSSR count). The van der Waals surface area contributed by atoms with Crippen LogP contribution < -0.4 is 0 Å². The number of carbonyl (C=O) groups is 2. The average molecular weight is 387 g/mol. The number of thiazole rings is 1. The summed E-state index contributed by atoms with van der Waals surface area (Å²) in [6.07, 6.45) is 3.24. The van der Waals surface area contributed by atoms with Gasteiger partial charge in [-0.15, -0.1) is 11.3 Å². The van der Waals surface area contributed by atoms with E-state index in [1.165, 1.54) is 12.5 Å². The Balaban J connectivity index is 1.32. The van der Waals surface area contributed by atoms with Crippen LogP contribution in [0, 0.1) is 0 Å². The van der Waals surface area contributed by atoms with E-state index < -0.39 is 0 Å². The fourth-order valence-electron chi connectivity index (χ4n) is 2.90. The smallest absolute Gasteiger partial charge is 0.257 e. The highest BCUT2D eigenvalue weighted by atomic mass is 32.1. The van der Waals surface area contributed by atoms with Crippen LogP contribution in [0.1, 0.15) is 16.1 Å². The Morgan fingerprint density at radius 3 is 2.62 bits per heavy atom. The lowest BCUT2D eigenvalue weighted by Crippen LogP contribution is -2.50. The van der Waals surface area contributed by atoms with Crippen LogP contribution in [-0.4, -0.2) is 52.8 Å². The van der Waals surface area contributed by atoms with E-state index in [1.54, 1.807) is 33.6 Å². The van der Waals surface area contributed by atoms with Crippen LogP contribution in [0.15, 0.2) is 45.2 Å². The molecule has 1 aliphatic rings. The number of amides is 2. The molecule has 0 saturated carbocycles. The number of nitrogens with zero attached hydrogens (tertiary/aromatic N) is 3. The molecule has 0 aliphatic carbocycles. The molecule has 134 valence electrons. The van der Waals surface area contributed by atoms with Crippen molar-refractivity contribution >= 4 is 34.5 Å². The van der Waals surface area contributed by atoms with Gasteiger partial charge in [-0.3, -0.25) is 9.59 Å². The largest absolute Gasteiger partial charge is 0.472 e. The fraction of sp³-hybridized carbons (Fsp3) is 0.278. The van der Waals surface area contributed by atoms with Crippen molar-refractivity contribution in [1.29, 1.82) is 0 Å². The van der Waals surface area contributed by atoms with Gasteiger partial charge in [-0.2, -0.15) is 11.3 Å². The first-order chi connectivity index (χ1) is 12.7. The Kier molecular flexibility index (Phi) is 4.85. The summed E-state index contributed by atoms with van der Waals surface area (Å²) in [5.41, 5.74) is 2.45. The van der Waals surface area contributed by atoms with E-state index >= 15 is 0 Å². The number of hydrogen-bond donors (Lipinski definition) is 0. The lowest BCUT2D eigenvalue weighted by Gasteiger charge is -2.34. The number of carbonyl (C=O) groups excluding carboxylic acids is 2. The van der Waals surface area contributed by atoms with E-state index in [9.17, 15) is 9.59 Å². The Labute approximate surface area is 158 Å². The van der Waals surface area contributed by atoms with Gasteiger partial charge in [0.1, 0.15) is 11.3 Å². The quantitative estimate of drug-likeness (QED) is 0.690. The Bertz CT molecular complexity index is 879. The van der Waals surface area contributed by atoms with Crippen LogP contribution in [0.2, 0.25) is 0 Å². The summed E-state index contributed by atoms with van der Waals surface area (Å²) in [7, 11) is 0. The zero-order valence-electron chi connectivity index (χ0n) is 14.0. The Hall–Kier alpha value is -2.45. The molecule has 4 heterocycles. The SMILES string of the molecule is O=C(Cc1csc(-c2ccsc2)n1)N1CCN(C(=O)c2ccoc2)CC1. The minimum Gasteiger partial charge on any atom is -0.472 e. The maximum Gasteiger partial charge on any atom is 0.257 e.